The van der Waals surface area contributed by atoms with Crippen LogP contribution >= 0.6 is 0 Å². The highest BCUT2D eigenvalue weighted by Gasteiger charge is 2.40. The molecule has 0 N–H and O–H groups in total. The lowest BCUT2D eigenvalue weighted by atomic mass is 9.63. The van der Waals surface area contributed by atoms with Crippen LogP contribution in [0.3, 0.4) is 0 Å². The molecule has 0 amide bonds. The second-order valence-electron chi connectivity index (χ2n) is 9.87. The first kappa shape index (κ1) is 17.7. The first-order valence-corrected chi connectivity index (χ1v) is 10.4. The van der Waals surface area contributed by atoms with Crippen molar-refractivity contribution < 1.29 is 0 Å². The van der Waals surface area contributed by atoms with Crippen molar-refractivity contribution in [3.63, 3.8) is 0 Å². The second-order valence-corrected chi connectivity index (χ2v) is 9.87. The van der Waals surface area contributed by atoms with E-state index in [0.29, 0.717) is 5.41 Å². The van der Waals surface area contributed by atoms with Crippen molar-refractivity contribution in [1.82, 2.24) is 9.80 Å². The zero-order valence-corrected chi connectivity index (χ0v) is 16.2. The van der Waals surface area contributed by atoms with E-state index in [0.717, 1.165) is 17.5 Å². The summed E-state index contributed by atoms with van der Waals surface area (Å²) in [5.41, 5.74) is 1.37. The summed E-state index contributed by atoms with van der Waals surface area (Å²) in [6, 6.07) is 1.56. The molecule has 0 radical (unpaired) electrons. The van der Waals surface area contributed by atoms with Gasteiger partial charge in [-0.1, -0.05) is 20.3 Å². The van der Waals surface area contributed by atoms with E-state index >= 15 is 0 Å². The maximum Gasteiger partial charge on any atom is 0.00675 e. The van der Waals surface area contributed by atoms with Gasteiger partial charge in [-0.05, 0) is 102 Å². The van der Waals surface area contributed by atoms with Crippen molar-refractivity contribution >= 4 is 0 Å². The average molecular weight is 321 g/mol. The van der Waals surface area contributed by atoms with Gasteiger partial charge in [0.1, 0.15) is 0 Å². The van der Waals surface area contributed by atoms with Gasteiger partial charge in [0.2, 0.25) is 0 Å². The molecule has 3 aliphatic rings. The van der Waals surface area contributed by atoms with Gasteiger partial charge in [-0.2, -0.15) is 0 Å². The minimum Gasteiger partial charge on any atom is -0.301 e. The van der Waals surface area contributed by atoms with Crippen LogP contribution in [0.25, 0.3) is 0 Å². The van der Waals surface area contributed by atoms with Gasteiger partial charge in [0.25, 0.3) is 0 Å². The summed E-state index contributed by atoms with van der Waals surface area (Å²) < 4.78 is 0. The molecule has 23 heavy (non-hydrogen) atoms. The Balaban J connectivity index is 1.36. The Hall–Kier alpha value is -0.0800. The van der Waals surface area contributed by atoms with Gasteiger partial charge in [0.05, 0.1) is 0 Å². The molecule has 2 saturated heterocycles. The molecule has 2 nitrogen and oxygen atoms in total. The molecular formula is C21H40N2. The van der Waals surface area contributed by atoms with Crippen LogP contribution in [0.2, 0.25) is 0 Å². The van der Waals surface area contributed by atoms with Gasteiger partial charge < -0.3 is 9.80 Å². The van der Waals surface area contributed by atoms with E-state index in [1.165, 1.54) is 84.0 Å². The number of hydrogen-bond acceptors (Lipinski definition) is 2. The van der Waals surface area contributed by atoms with Crippen LogP contribution in [0.1, 0.15) is 85.5 Å². The fourth-order valence-corrected chi connectivity index (χ4v) is 5.03. The third-order valence-electron chi connectivity index (χ3n) is 7.67. The molecule has 1 spiro atoms. The van der Waals surface area contributed by atoms with Crippen molar-refractivity contribution in [2.45, 2.75) is 97.6 Å². The van der Waals surface area contributed by atoms with E-state index in [2.05, 4.69) is 37.5 Å². The second kappa shape index (κ2) is 7.04. The Labute approximate surface area is 145 Å². The number of nitrogens with zero attached hydrogens (tertiary/aromatic N) is 2. The lowest BCUT2D eigenvalue weighted by Crippen LogP contribution is -2.47. The third-order valence-corrected chi connectivity index (χ3v) is 7.67. The SMILES string of the molecule is CC(CCC(C)N1CCC2(CCC2)CC1)N1CCC(C)(C)CC1. The molecule has 0 aromatic rings. The van der Waals surface area contributed by atoms with Gasteiger partial charge in [0.15, 0.2) is 0 Å². The van der Waals surface area contributed by atoms with Crippen molar-refractivity contribution in [2.75, 3.05) is 26.2 Å². The molecule has 2 heterocycles. The Kier molecular flexibility index (Phi) is 5.43. The molecule has 0 aromatic carbocycles. The van der Waals surface area contributed by atoms with Crippen LogP contribution < -0.4 is 0 Å². The molecule has 0 bridgehead atoms. The van der Waals surface area contributed by atoms with E-state index in [1.54, 1.807) is 0 Å². The van der Waals surface area contributed by atoms with Crippen molar-refractivity contribution in [2.24, 2.45) is 10.8 Å². The molecule has 2 atom stereocenters. The van der Waals surface area contributed by atoms with Gasteiger partial charge in [-0.25, -0.2) is 0 Å². The summed E-state index contributed by atoms with van der Waals surface area (Å²) in [4.78, 5) is 5.53. The number of piperidine rings is 2. The lowest BCUT2D eigenvalue weighted by Gasteiger charge is -2.49. The van der Waals surface area contributed by atoms with Crippen molar-refractivity contribution in [1.29, 1.82) is 0 Å². The summed E-state index contributed by atoms with van der Waals surface area (Å²) in [5.74, 6) is 0. The first-order valence-electron chi connectivity index (χ1n) is 10.4. The van der Waals surface area contributed by atoms with Crippen LogP contribution in [0.15, 0.2) is 0 Å². The highest BCUT2D eigenvalue weighted by atomic mass is 15.2. The Morgan fingerprint density at radius 3 is 1.52 bits per heavy atom. The average Bonchev–Trinajstić information content (AvgIpc) is 2.51. The molecule has 2 aliphatic heterocycles. The molecule has 1 aliphatic carbocycles. The third kappa shape index (κ3) is 4.31. The van der Waals surface area contributed by atoms with E-state index in [4.69, 9.17) is 0 Å². The fourth-order valence-electron chi connectivity index (χ4n) is 5.03. The Morgan fingerprint density at radius 2 is 1.13 bits per heavy atom. The predicted octanol–water partition coefficient (Wildman–Crippen LogP) is 4.93. The topological polar surface area (TPSA) is 6.48 Å². The molecule has 3 fully saturated rings. The van der Waals surface area contributed by atoms with Crippen LogP contribution in [-0.4, -0.2) is 48.1 Å². The quantitative estimate of drug-likeness (QED) is 0.708. The maximum atomic E-state index is 2.79. The molecular weight excluding hydrogens is 280 g/mol. The largest absolute Gasteiger partial charge is 0.301 e. The Bertz CT molecular complexity index is 365. The lowest BCUT2D eigenvalue weighted by molar-refractivity contribution is 0.0152. The molecule has 0 aromatic heterocycles. The van der Waals surface area contributed by atoms with Crippen molar-refractivity contribution in [3.8, 4) is 0 Å². The van der Waals surface area contributed by atoms with E-state index in [-0.39, 0.29) is 0 Å². The highest BCUT2D eigenvalue weighted by Crippen LogP contribution is 2.49. The van der Waals surface area contributed by atoms with Crippen LogP contribution in [0.5, 0.6) is 0 Å². The monoisotopic (exact) mass is 320 g/mol. The minimum absolute atomic E-state index is 0.578. The summed E-state index contributed by atoms with van der Waals surface area (Å²) in [6.07, 6.45) is 13.0. The first-order chi connectivity index (χ1) is 10.9. The molecule has 2 heteroatoms. The van der Waals surface area contributed by atoms with E-state index in [1.807, 2.05) is 0 Å². The minimum atomic E-state index is 0.578. The predicted molar refractivity (Wildman–Crippen MR) is 99.8 cm³/mol. The molecule has 3 rings (SSSR count). The van der Waals surface area contributed by atoms with Gasteiger partial charge >= 0.3 is 0 Å². The van der Waals surface area contributed by atoms with Crippen LogP contribution in [0, 0.1) is 10.8 Å². The van der Waals surface area contributed by atoms with Crippen LogP contribution in [-0.2, 0) is 0 Å². The van der Waals surface area contributed by atoms with Crippen molar-refractivity contribution in [3.05, 3.63) is 0 Å². The zero-order valence-electron chi connectivity index (χ0n) is 16.2. The number of likely N-dealkylation sites (tertiary alicyclic amines) is 2. The highest BCUT2D eigenvalue weighted by molar-refractivity contribution is 4.93. The normalized spacial score (nSPS) is 30.8. The standard InChI is InChI=1S/C21H40N2/c1-18(22-14-10-20(3,4)11-15-22)6-7-19(2)23-16-12-21(13-17-23)8-5-9-21/h18-19H,5-17H2,1-4H3. The van der Waals surface area contributed by atoms with Gasteiger partial charge in [-0.3, -0.25) is 0 Å². The Morgan fingerprint density at radius 1 is 0.696 bits per heavy atom. The zero-order chi connectivity index (χ0) is 16.5. The van der Waals surface area contributed by atoms with Crippen LogP contribution in [0.4, 0.5) is 0 Å². The summed E-state index contributed by atoms with van der Waals surface area (Å²) >= 11 is 0. The van der Waals surface area contributed by atoms with E-state index < -0.39 is 0 Å². The van der Waals surface area contributed by atoms with Gasteiger partial charge in [-0.15, -0.1) is 0 Å². The van der Waals surface area contributed by atoms with Gasteiger partial charge in [0, 0.05) is 12.1 Å². The number of hydrogen-bond donors (Lipinski definition) is 0. The maximum absolute atomic E-state index is 2.79. The number of rotatable bonds is 5. The summed E-state index contributed by atoms with van der Waals surface area (Å²) in [6.45, 7) is 15.2. The molecule has 134 valence electrons. The smallest absolute Gasteiger partial charge is 0.00675 e. The summed E-state index contributed by atoms with van der Waals surface area (Å²) in [5, 5.41) is 0. The molecule has 2 unspecified atom stereocenters. The fraction of sp³-hybridized carbons (Fsp3) is 1.00. The molecule has 1 saturated carbocycles. The summed E-state index contributed by atoms with van der Waals surface area (Å²) in [7, 11) is 0. The van der Waals surface area contributed by atoms with E-state index in [9.17, 15) is 0 Å².